The largest absolute Gasteiger partial charge is 0.350 e. The van der Waals surface area contributed by atoms with Crippen molar-refractivity contribution >= 4 is 5.91 Å². The lowest BCUT2D eigenvalue weighted by molar-refractivity contribution is 0.0946. The molecule has 0 saturated heterocycles. The average Bonchev–Trinajstić information content (AvgIpc) is 2.59. The highest BCUT2D eigenvalue weighted by atomic mass is 16.1. The summed E-state index contributed by atoms with van der Waals surface area (Å²) in [6, 6.07) is 3.64. The van der Waals surface area contributed by atoms with Gasteiger partial charge in [-0.25, -0.2) is 0 Å². The summed E-state index contributed by atoms with van der Waals surface area (Å²) >= 11 is 0. The van der Waals surface area contributed by atoms with Crippen LogP contribution in [0.15, 0.2) is 18.3 Å². The fourth-order valence-electron chi connectivity index (χ4n) is 1.15. The third kappa shape index (κ3) is 2.67. The molecule has 1 heterocycles. The molecule has 0 saturated carbocycles. The molecule has 0 aliphatic rings. The van der Waals surface area contributed by atoms with Gasteiger partial charge in [-0.3, -0.25) is 4.79 Å². The van der Waals surface area contributed by atoms with Crippen molar-refractivity contribution in [3.05, 3.63) is 24.0 Å². The second-order valence-electron chi connectivity index (χ2n) is 2.94. The first-order valence-corrected chi connectivity index (χ1v) is 4.55. The van der Waals surface area contributed by atoms with Crippen molar-refractivity contribution < 1.29 is 4.79 Å². The summed E-state index contributed by atoms with van der Waals surface area (Å²) in [6.07, 6.45) is 2.55. The number of carbonyl (C=O) groups is 1. The Labute approximate surface area is 84.1 Å². The van der Waals surface area contributed by atoms with Gasteiger partial charge in [-0.1, -0.05) is 0 Å². The van der Waals surface area contributed by atoms with Gasteiger partial charge in [0.15, 0.2) is 0 Å². The maximum atomic E-state index is 11.5. The van der Waals surface area contributed by atoms with Crippen LogP contribution in [0, 0.1) is 11.8 Å². The molecule has 0 radical (unpaired) electrons. The number of aromatic nitrogens is 1. The average molecular weight is 190 g/mol. The number of amides is 1. The van der Waals surface area contributed by atoms with E-state index in [0.29, 0.717) is 18.7 Å². The van der Waals surface area contributed by atoms with E-state index in [4.69, 9.17) is 0 Å². The first-order valence-electron chi connectivity index (χ1n) is 4.55. The van der Waals surface area contributed by atoms with Crippen molar-refractivity contribution in [3.63, 3.8) is 0 Å². The van der Waals surface area contributed by atoms with Gasteiger partial charge in [-0.15, -0.1) is 11.8 Å². The Hall–Kier alpha value is -1.69. The molecule has 0 unspecified atom stereocenters. The van der Waals surface area contributed by atoms with E-state index in [9.17, 15) is 4.79 Å². The number of nitrogens with one attached hydrogen (secondary N) is 1. The lowest BCUT2D eigenvalue weighted by atomic mass is 10.3. The number of hydrogen-bond donors (Lipinski definition) is 1. The number of hydrogen-bond acceptors (Lipinski definition) is 1. The summed E-state index contributed by atoms with van der Waals surface area (Å²) in [5.74, 6) is 5.63. The first kappa shape index (κ1) is 10.4. The van der Waals surface area contributed by atoms with Crippen LogP contribution in [0.3, 0.4) is 0 Å². The Morgan fingerprint density at radius 2 is 2.43 bits per heavy atom. The molecule has 1 aromatic heterocycles. The Bertz CT molecular complexity index is 368. The van der Waals surface area contributed by atoms with Crippen LogP contribution in [-0.2, 0) is 7.05 Å². The molecule has 3 nitrogen and oxygen atoms in total. The van der Waals surface area contributed by atoms with E-state index in [1.165, 1.54) is 0 Å². The van der Waals surface area contributed by atoms with E-state index in [0.717, 1.165) is 0 Å². The summed E-state index contributed by atoms with van der Waals surface area (Å²) in [4.78, 5) is 11.5. The summed E-state index contributed by atoms with van der Waals surface area (Å²) in [7, 11) is 1.85. The van der Waals surface area contributed by atoms with Crippen LogP contribution in [0.1, 0.15) is 23.8 Å². The quantitative estimate of drug-likeness (QED) is 0.563. The first-order chi connectivity index (χ1) is 6.75. The fourth-order valence-corrected chi connectivity index (χ4v) is 1.15. The Morgan fingerprint density at radius 1 is 1.64 bits per heavy atom. The van der Waals surface area contributed by atoms with Gasteiger partial charge in [0.25, 0.3) is 5.91 Å². The molecule has 0 fully saturated rings. The van der Waals surface area contributed by atoms with Crippen LogP contribution in [-0.4, -0.2) is 17.0 Å². The molecule has 1 rings (SSSR count). The second kappa shape index (κ2) is 5.13. The highest BCUT2D eigenvalue weighted by Gasteiger charge is 2.06. The van der Waals surface area contributed by atoms with Gasteiger partial charge in [-0.05, 0) is 19.1 Å². The van der Waals surface area contributed by atoms with Crippen LogP contribution < -0.4 is 5.32 Å². The van der Waals surface area contributed by atoms with E-state index in [-0.39, 0.29) is 5.91 Å². The maximum absolute atomic E-state index is 11.5. The van der Waals surface area contributed by atoms with Gasteiger partial charge in [0, 0.05) is 26.2 Å². The SMILES string of the molecule is CC#CCCNC(=O)c1cccn1C. The van der Waals surface area contributed by atoms with Crippen LogP contribution in [0.4, 0.5) is 0 Å². The molecule has 0 aliphatic heterocycles. The Morgan fingerprint density at radius 3 is 3.00 bits per heavy atom. The highest BCUT2D eigenvalue weighted by molar-refractivity contribution is 5.92. The van der Waals surface area contributed by atoms with E-state index in [1.54, 1.807) is 17.6 Å². The molecule has 3 heteroatoms. The minimum atomic E-state index is -0.0459. The predicted octanol–water partition coefficient (Wildman–Crippen LogP) is 1.17. The van der Waals surface area contributed by atoms with Crippen molar-refractivity contribution in [2.24, 2.45) is 7.05 Å². The summed E-state index contributed by atoms with van der Waals surface area (Å²) in [6.45, 7) is 2.39. The minimum absolute atomic E-state index is 0.0459. The molecule has 1 aromatic rings. The predicted molar refractivity (Wildman–Crippen MR) is 55.8 cm³/mol. The molecule has 1 amide bonds. The summed E-state index contributed by atoms with van der Waals surface area (Å²) in [5.41, 5.74) is 0.675. The van der Waals surface area contributed by atoms with Crippen molar-refractivity contribution in [1.82, 2.24) is 9.88 Å². The zero-order valence-electron chi connectivity index (χ0n) is 8.50. The number of rotatable bonds is 3. The minimum Gasteiger partial charge on any atom is -0.350 e. The van der Waals surface area contributed by atoms with Crippen molar-refractivity contribution in [1.29, 1.82) is 0 Å². The summed E-state index contributed by atoms with van der Waals surface area (Å²) in [5, 5.41) is 2.80. The van der Waals surface area contributed by atoms with Crippen molar-refractivity contribution in [2.75, 3.05) is 6.54 Å². The summed E-state index contributed by atoms with van der Waals surface area (Å²) < 4.78 is 1.79. The molecular formula is C11H14N2O. The van der Waals surface area contributed by atoms with E-state index >= 15 is 0 Å². The van der Waals surface area contributed by atoms with Crippen molar-refractivity contribution in [2.45, 2.75) is 13.3 Å². The Balaban J connectivity index is 2.42. The van der Waals surface area contributed by atoms with Crippen LogP contribution in [0.5, 0.6) is 0 Å². The number of nitrogens with zero attached hydrogens (tertiary/aromatic N) is 1. The maximum Gasteiger partial charge on any atom is 0.267 e. The molecule has 1 N–H and O–H groups in total. The molecule has 0 aliphatic carbocycles. The molecule has 0 aromatic carbocycles. The molecular weight excluding hydrogens is 176 g/mol. The lowest BCUT2D eigenvalue weighted by Gasteiger charge is -2.03. The lowest BCUT2D eigenvalue weighted by Crippen LogP contribution is -2.25. The topological polar surface area (TPSA) is 34.0 Å². The van der Waals surface area contributed by atoms with Crippen LogP contribution >= 0.6 is 0 Å². The van der Waals surface area contributed by atoms with Crippen LogP contribution in [0.2, 0.25) is 0 Å². The van der Waals surface area contributed by atoms with E-state index < -0.39 is 0 Å². The van der Waals surface area contributed by atoms with Crippen LogP contribution in [0.25, 0.3) is 0 Å². The van der Waals surface area contributed by atoms with E-state index in [2.05, 4.69) is 17.2 Å². The normalized spacial score (nSPS) is 9.00. The number of aryl methyl sites for hydroxylation is 1. The zero-order chi connectivity index (χ0) is 10.4. The highest BCUT2D eigenvalue weighted by Crippen LogP contribution is 1.98. The smallest absolute Gasteiger partial charge is 0.267 e. The van der Waals surface area contributed by atoms with Gasteiger partial charge < -0.3 is 9.88 Å². The zero-order valence-corrected chi connectivity index (χ0v) is 8.50. The monoisotopic (exact) mass is 190 g/mol. The van der Waals surface area contributed by atoms with Gasteiger partial charge in [0.2, 0.25) is 0 Å². The second-order valence-corrected chi connectivity index (χ2v) is 2.94. The van der Waals surface area contributed by atoms with Gasteiger partial charge >= 0.3 is 0 Å². The Kier molecular flexibility index (Phi) is 3.81. The number of carbonyl (C=O) groups excluding carboxylic acids is 1. The van der Waals surface area contributed by atoms with Gasteiger partial charge in [0.05, 0.1) is 0 Å². The molecule has 74 valence electrons. The third-order valence-corrected chi connectivity index (χ3v) is 1.89. The van der Waals surface area contributed by atoms with Gasteiger partial charge in [-0.2, -0.15) is 0 Å². The van der Waals surface area contributed by atoms with Gasteiger partial charge in [0.1, 0.15) is 5.69 Å². The molecule has 14 heavy (non-hydrogen) atoms. The molecule has 0 bridgehead atoms. The molecule has 0 spiro atoms. The van der Waals surface area contributed by atoms with Crippen molar-refractivity contribution in [3.8, 4) is 11.8 Å². The third-order valence-electron chi connectivity index (χ3n) is 1.89. The standard InChI is InChI=1S/C11H14N2O/c1-3-4-5-8-12-11(14)10-7-6-9-13(10)2/h6-7,9H,5,8H2,1-2H3,(H,12,14). The fraction of sp³-hybridized carbons (Fsp3) is 0.364. The van der Waals surface area contributed by atoms with E-state index in [1.807, 2.05) is 19.3 Å². The molecule has 0 atom stereocenters.